The summed E-state index contributed by atoms with van der Waals surface area (Å²) in [4.78, 5) is 24.6. The van der Waals surface area contributed by atoms with E-state index in [0.717, 1.165) is 17.4 Å². The fraction of sp³-hybridized carbons (Fsp3) is 0.200. The van der Waals surface area contributed by atoms with Crippen LogP contribution in [-0.4, -0.2) is 33.2 Å². The molecule has 1 N–H and O–H groups in total. The Morgan fingerprint density at radius 3 is 2.27 bits per heavy atom. The zero-order chi connectivity index (χ0) is 24.0. The van der Waals surface area contributed by atoms with Crippen molar-refractivity contribution in [2.75, 3.05) is 22.5 Å². The number of carbonyl (C=O) groups is 2. The number of hydrogen-bond acceptors (Lipinski definition) is 5. The molecule has 0 saturated carbocycles. The first kappa shape index (κ1) is 24.0. The Hall–Kier alpha value is -3.65. The predicted octanol–water partition coefficient (Wildman–Crippen LogP) is 4.39. The summed E-state index contributed by atoms with van der Waals surface area (Å²) in [5, 5.41) is 2.74. The third kappa shape index (κ3) is 6.20. The minimum atomic E-state index is -3.54. The van der Waals surface area contributed by atoms with Crippen LogP contribution in [0.1, 0.15) is 38.8 Å². The third-order valence-corrected chi connectivity index (χ3v) is 6.17. The Labute approximate surface area is 194 Å². The van der Waals surface area contributed by atoms with Crippen LogP contribution in [0, 0.1) is 6.92 Å². The van der Waals surface area contributed by atoms with Crippen LogP contribution in [0.25, 0.3) is 0 Å². The molecule has 3 aromatic rings. The zero-order valence-electron chi connectivity index (χ0n) is 18.7. The Bertz CT molecular complexity index is 1250. The number of carbonyl (C=O) groups excluding carboxylic acids is 2. The third-order valence-electron chi connectivity index (χ3n) is 5.02. The molecule has 0 saturated heterocycles. The van der Waals surface area contributed by atoms with Crippen LogP contribution >= 0.6 is 0 Å². The molecule has 8 heteroatoms. The fourth-order valence-electron chi connectivity index (χ4n) is 3.26. The van der Waals surface area contributed by atoms with E-state index in [2.05, 4.69) is 5.32 Å². The van der Waals surface area contributed by atoms with Gasteiger partial charge >= 0.3 is 5.97 Å². The van der Waals surface area contributed by atoms with Crippen LogP contribution in [0.3, 0.4) is 0 Å². The molecule has 0 spiro atoms. The summed E-state index contributed by atoms with van der Waals surface area (Å²) in [6.45, 7) is 4.10. The van der Waals surface area contributed by atoms with E-state index in [1.54, 1.807) is 49.4 Å². The Kier molecular flexibility index (Phi) is 7.50. The molecular formula is C25H26N2O5S. The van der Waals surface area contributed by atoms with Crippen molar-refractivity contribution in [2.24, 2.45) is 0 Å². The molecule has 33 heavy (non-hydrogen) atoms. The highest BCUT2D eigenvalue weighted by molar-refractivity contribution is 7.92. The van der Waals surface area contributed by atoms with Gasteiger partial charge in [0.1, 0.15) is 0 Å². The van der Waals surface area contributed by atoms with Crippen molar-refractivity contribution in [1.29, 1.82) is 0 Å². The Balaban J connectivity index is 1.78. The van der Waals surface area contributed by atoms with Crippen LogP contribution in [-0.2, 0) is 21.3 Å². The lowest BCUT2D eigenvalue weighted by Crippen LogP contribution is -2.29. The van der Waals surface area contributed by atoms with Gasteiger partial charge in [0, 0.05) is 11.3 Å². The van der Waals surface area contributed by atoms with E-state index in [-0.39, 0.29) is 19.1 Å². The molecule has 0 fully saturated rings. The monoisotopic (exact) mass is 466 g/mol. The molecule has 0 heterocycles. The molecule has 3 rings (SSSR count). The molecule has 7 nitrogen and oxygen atoms in total. The van der Waals surface area contributed by atoms with Gasteiger partial charge in [-0.3, -0.25) is 9.10 Å². The Morgan fingerprint density at radius 2 is 1.64 bits per heavy atom. The van der Waals surface area contributed by atoms with Crippen molar-refractivity contribution in [2.45, 2.75) is 20.4 Å². The lowest BCUT2D eigenvalue weighted by molar-refractivity contribution is 0.0526. The second kappa shape index (κ2) is 10.3. The average Bonchev–Trinajstić information content (AvgIpc) is 2.78. The standard InChI is InChI=1S/C25H26N2O5S/c1-4-32-25(29)20-10-7-11-22(16-20)26-24(28)19-12-14-23(15-13-19)27(33(3,30)31)17-21-9-6-5-8-18(21)2/h5-16H,4,17H2,1-3H3,(H,26,28). The minimum Gasteiger partial charge on any atom is -0.462 e. The smallest absolute Gasteiger partial charge is 0.338 e. The number of nitrogens with one attached hydrogen (secondary N) is 1. The summed E-state index contributed by atoms with van der Waals surface area (Å²) in [6, 6.07) is 20.4. The maximum atomic E-state index is 12.7. The van der Waals surface area contributed by atoms with E-state index >= 15 is 0 Å². The number of ether oxygens (including phenoxy) is 1. The molecule has 0 aromatic heterocycles. The van der Waals surface area contributed by atoms with Gasteiger partial charge in [-0.1, -0.05) is 30.3 Å². The SMILES string of the molecule is CCOC(=O)c1cccc(NC(=O)c2ccc(N(Cc3ccccc3C)S(C)(=O)=O)cc2)c1. The second-order valence-electron chi connectivity index (χ2n) is 7.50. The zero-order valence-corrected chi connectivity index (χ0v) is 19.6. The molecule has 1 amide bonds. The molecule has 0 aliphatic rings. The summed E-state index contributed by atoms with van der Waals surface area (Å²) in [5.41, 5.74) is 3.49. The number of amides is 1. The van der Waals surface area contributed by atoms with E-state index in [4.69, 9.17) is 4.74 Å². The normalized spacial score (nSPS) is 11.0. The second-order valence-corrected chi connectivity index (χ2v) is 9.41. The number of nitrogens with zero attached hydrogens (tertiary/aromatic N) is 1. The Morgan fingerprint density at radius 1 is 0.939 bits per heavy atom. The fourth-order valence-corrected chi connectivity index (χ4v) is 4.14. The molecule has 0 bridgehead atoms. The molecule has 0 radical (unpaired) electrons. The van der Waals surface area contributed by atoms with E-state index in [0.29, 0.717) is 22.5 Å². The lowest BCUT2D eigenvalue weighted by atomic mass is 10.1. The molecule has 172 valence electrons. The number of esters is 1. The van der Waals surface area contributed by atoms with Gasteiger partial charge in [0.15, 0.2) is 0 Å². The van der Waals surface area contributed by atoms with E-state index in [9.17, 15) is 18.0 Å². The highest BCUT2D eigenvalue weighted by Gasteiger charge is 2.19. The van der Waals surface area contributed by atoms with E-state index in [1.165, 1.54) is 10.4 Å². The molecular weight excluding hydrogens is 440 g/mol. The quantitative estimate of drug-likeness (QED) is 0.497. The average molecular weight is 467 g/mol. The van der Waals surface area contributed by atoms with Gasteiger partial charge in [0.25, 0.3) is 5.91 Å². The van der Waals surface area contributed by atoms with Crippen molar-refractivity contribution in [3.05, 3.63) is 95.1 Å². The van der Waals surface area contributed by atoms with Gasteiger partial charge in [-0.25, -0.2) is 13.2 Å². The minimum absolute atomic E-state index is 0.192. The first-order valence-corrected chi connectivity index (χ1v) is 12.2. The van der Waals surface area contributed by atoms with Crippen LogP contribution in [0.2, 0.25) is 0 Å². The van der Waals surface area contributed by atoms with Gasteiger partial charge in [0.2, 0.25) is 10.0 Å². The number of anilines is 2. The highest BCUT2D eigenvalue weighted by Crippen LogP contribution is 2.23. The van der Waals surface area contributed by atoms with Crippen LogP contribution in [0.5, 0.6) is 0 Å². The first-order valence-electron chi connectivity index (χ1n) is 10.4. The molecule has 0 aliphatic heterocycles. The van der Waals surface area contributed by atoms with Crippen molar-refractivity contribution in [1.82, 2.24) is 0 Å². The van der Waals surface area contributed by atoms with E-state index in [1.807, 2.05) is 31.2 Å². The van der Waals surface area contributed by atoms with Crippen molar-refractivity contribution in [3.8, 4) is 0 Å². The van der Waals surface area contributed by atoms with E-state index < -0.39 is 16.0 Å². The highest BCUT2D eigenvalue weighted by atomic mass is 32.2. The lowest BCUT2D eigenvalue weighted by Gasteiger charge is -2.23. The van der Waals surface area contributed by atoms with Crippen LogP contribution in [0.4, 0.5) is 11.4 Å². The number of aryl methyl sites for hydroxylation is 1. The van der Waals surface area contributed by atoms with Crippen molar-refractivity contribution < 1.29 is 22.7 Å². The number of sulfonamides is 1. The largest absolute Gasteiger partial charge is 0.462 e. The van der Waals surface area contributed by atoms with Gasteiger partial charge < -0.3 is 10.1 Å². The van der Waals surface area contributed by atoms with Crippen molar-refractivity contribution in [3.63, 3.8) is 0 Å². The molecule has 3 aromatic carbocycles. The number of hydrogen-bond donors (Lipinski definition) is 1. The van der Waals surface area contributed by atoms with Gasteiger partial charge in [-0.05, 0) is 67.4 Å². The van der Waals surface area contributed by atoms with Gasteiger partial charge in [-0.2, -0.15) is 0 Å². The number of benzene rings is 3. The predicted molar refractivity (Wildman–Crippen MR) is 129 cm³/mol. The maximum absolute atomic E-state index is 12.7. The van der Waals surface area contributed by atoms with Crippen molar-refractivity contribution >= 4 is 33.3 Å². The number of rotatable bonds is 8. The van der Waals surface area contributed by atoms with Crippen LogP contribution in [0.15, 0.2) is 72.8 Å². The summed E-state index contributed by atoms with van der Waals surface area (Å²) < 4.78 is 31.2. The topological polar surface area (TPSA) is 92.8 Å². The summed E-state index contributed by atoms with van der Waals surface area (Å²) in [5.74, 6) is -0.847. The van der Waals surface area contributed by atoms with Gasteiger partial charge in [-0.15, -0.1) is 0 Å². The molecule has 0 aliphatic carbocycles. The summed E-state index contributed by atoms with van der Waals surface area (Å²) in [6.07, 6.45) is 1.16. The van der Waals surface area contributed by atoms with Gasteiger partial charge in [0.05, 0.1) is 30.7 Å². The summed E-state index contributed by atoms with van der Waals surface area (Å²) in [7, 11) is -3.54. The molecule has 0 atom stereocenters. The summed E-state index contributed by atoms with van der Waals surface area (Å²) >= 11 is 0. The van der Waals surface area contributed by atoms with Crippen LogP contribution < -0.4 is 9.62 Å². The molecule has 0 unspecified atom stereocenters. The first-order chi connectivity index (χ1) is 15.7. The maximum Gasteiger partial charge on any atom is 0.338 e.